The molecule has 12 nitrogen and oxygen atoms in total. The van der Waals surface area contributed by atoms with Crippen molar-refractivity contribution in [2.45, 2.75) is 139 Å². The molecule has 64 heavy (non-hydrogen) atoms. The number of ether oxygens (including phenoxy) is 3. The third-order valence-corrected chi connectivity index (χ3v) is 14.2. The fourth-order valence-corrected chi connectivity index (χ4v) is 10.8. The molecule has 0 amide bonds. The van der Waals surface area contributed by atoms with Crippen molar-refractivity contribution >= 4 is 17.9 Å². The van der Waals surface area contributed by atoms with Gasteiger partial charge in [-0.3, -0.25) is 0 Å². The van der Waals surface area contributed by atoms with Crippen LogP contribution in [0.2, 0.25) is 0 Å². The number of rotatable bonds is 12. The van der Waals surface area contributed by atoms with E-state index < -0.39 is 23.8 Å². The lowest BCUT2D eigenvalue weighted by Gasteiger charge is -2.38. The zero-order chi connectivity index (χ0) is 46.6. The van der Waals surface area contributed by atoms with Crippen molar-refractivity contribution < 1.29 is 28.6 Å². The molecule has 6 rings (SSSR count). The van der Waals surface area contributed by atoms with Crippen LogP contribution in [0.15, 0.2) is 67.2 Å². The second-order valence-corrected chi connectivity index (χ2v) is 21.4. The first kappa shape index (κ1) is 48.2. The van der Waals surface area contributed by atoms with Crippen LogP contribution in [-0.2, 0) is 28.6 Å². The first-order valence-corrected chi connectivity index (χ1v) is 23.5. The first-order valence-electron chi connectivity index (χ1n) is 23.5. The number of nitrogens with zero attached hydrogens (tertiary/aromatic N) is 6. The smallest absolute Gasteiger partial charge is 0.349 e. The predicted molar refractivity (Wildman–Crippen MR) is 244 cm³/mol. The number of carbonyl (C=O) groups excluding carboxylic acids is 3. The first-order chi connectivity index (χ1) is 30.3. The van der Waals surface area contributed by atoms with Crippen LogP contribution in [0.5, 0.6) is 0 Å². The number of carbonyl (C=O) groups is 3. The van der Waals surface area contributed by atoms with Gasteiger partial charge in [0.15, 0.2) is 0 Å². The van der Waals surface area contributed by atoms with E-state index in [1.165, 1.54) is 0 Å². The van der Waals surface area contributed by atoms with Crippen LogP contribution >= 0.6 is 0 Å². The van der Waals surface area contributed by atoms with Gasteiger partial charge in [0.05, 0.1) is 5.92 Å². The number of nitriles is 3. The van der Waals surface area contributed by atoms with Crippen LogP contribution in [0.3, 0.4) is 0 Å². The van der Waals surface area contributed by atoms with Crippen molar-refractivity contribution in [3.63, 3.8) is 0 Å². The van der Waals surface area contributed by atoms with Crippen molar-refractivity contribution in [3.05, 3.63) is 67.2 Å². The molecule has 0 aromatic heterocycles. The highest BCUT2D eigenvalue weighted by atomic mass is 16.6. The minimum atomic E-state index is -0.879. The maximum absolute atomic E-state index is 14.0. The van der Waals surface area contributed by atoms with Gasteiger partial charge >= 0.3 is 17.9 Å². The standard InChI is InChI=1S/C52H70N6O6/c1-34-38(22-50(4,5)25-44(34)56-16-10-11-17-56)41(28-53)47(59)62-31-37(32-63-48(60)42(29-54)39-23-51(6,7)26-45(35(39)2)57-18-12-13-19-57)33-64-49(61)43(30-55)40-24-52(8,9)27-46(36(40)3)58-20-14-15-21-58/h37H,10-27,31-33H2,1-9H3/b41-38+,42-39+,43-40+. The van der Waals surface area contributed by atoms with Crippen molar-refractivity contribution in [2.75, 3.05) is 59.1 Å². The highest BCUT2D eigenvalue weighted by Gasteiger charge is 2.38. The summed E-state index contributed by atoms with van der Waals surface area (Å²) in [5, 5.41) is 31.4. The highest BCUT2D eigenvalue weighted by Crippen LogP contribution is 2.47. The largest absolute Gasteiger partial charge is 0.461 e. The lowest BCUT2D eigenvalue weighted by molar-refractivity contribution is -0.148. The Morgan fingerprint density at radius 1 is 0.469 bits per heavy atom. The van der Waals surface area contributed by atoms with Crippen LogP contribution in [-0.4, -0.2) is 91.7 Å². The van der Waals surface area contributed by atoms with E-state index >= 15 is 0 Å². The Bertz CT molecular complexity index is 1960. The summed E-state index contributed by atoms with van der Waals surface area (Å²) in [6, 6.07) is 6.43. The molecule has 3 aliphatic carbocycles. The number of hydrogen-bond donors (Lipinski definition) is 0. The lowest BCUT2D eigenvalue weighted by Crippen LogP contribution is -2.31. The number of likely N-dealkylation sites (tertiary alicyclic amines) is 3. The lowest BCUT2D eigenvalue weighted by atomic mass is 9.72. The molecule has 0 radical (unpaired) electrons. The van der Waals surface area contributed by atoms with Crippen LogP contribution in [0.1, 0.15) is 139 Å². The second kappa shape index (κ2) is 19.9. The van der Waals surface area contributed by atoms with Gasteiger partial charge in [0.25, 0.3) is 0 Å². The van der Waals surface area contributed by atoms with Gasteiger partial charge in [0.2, 0.25) is 0 Å². The quantitative estimate of drug-likeness (QED) is 0.0793. The number of esters is 3. The van der Waals surface area contributed by atoms with E-state index in [1.54, 1.807) is 0 Å². The van der Waals surface area contributed by atoms with Gasteiger partial charge in [-0.2, -0.15) is 15.8 Å². The van der Waals surface area contributed by atoms with Gasteiger partial charge in [-0.1, -0.05) is 41.5 Å². The molecule has 3 saturated heterocycles. The van der Waals surface area contributed by atoms with Gasteiger partial charge in [-0.05, 0) is 148 Å². The molecule has 0 unspecified atom stereocenters. The minimum absolute atomic E-state index is 0.0744. The van der Waals surface area contributed by atoms with Gasteiger partial charge in [-0.25, -0.2) is 14.4 Å². The van der Waals surface area contributed by atoms with Crippen molar-refractivity contribution in [2.24, 2.45) is 22.2 Å². The van der Waals surface area contributed by atoms with E-state index in [2.05, 4.69) is 74.4 Å². The minimum Gasteiger partial charge on any atom is -0.461 e. The maximum atomic E-state index is 14.0. The molecule has 12 heteroatoms. The summed E-state index contributed by atoms with van der Waals surface area (Å²) in [6.45, 7) is 23.4. The molecule has 0 atom stereocenters. The maximum Gasteiger partial charge on any atom is 0.349 e. The monoisotopic (exact) mass is 875 g/mol. The highest BCUT2D eigenvalue weighted by molar-refractivity contribution is 5.96. The van der Waals surface area contributed by atoms with E-state index in [-0.39, 0.29) is 52.8 Å². The Kier molecular flexibility index (Phi) is 14.9. The summed E-state index contributed by atoms with van der Waals surface area (Å²) in [5.41, 5.74) is 7.44. The molecule has 0 N–H and O–H groups in total. The summed E-state index contributed by atoms with van der Waals surface area (Å²) < 4.78 is 17.6. The summed E-state index contributed by atoms with van der Waals surface area (Å²) in [5.74, 6) is -3.30. The summed E-state index contributed by atoms with van der Waals surface area (Å²) >= 11 is 0. The molecule has 0 aromatic rings. The molecule has 3 aliphatic heterocycles. The van der Waals surface area contributed by atoms with E-state index in [0.717, 1.165) is 131 Å². The summed E-state index contributed by atoms with van der Waals surface area (Å²) in [4.78, 5) is 49.0. The Labute approximate surface area is 381 Å². The van der Waals surface area contributed by atoms with Gasteiger partial charge in [0.1, 0.15) is 54.7 Å². The topological polar surface area (TPSA) is 160 Å². The summed E-state index contributed by atoms with van der Waals surface area (Å²) in [7, 11) is 0. The Balaban J connectivity index is 1.28. The molecular weight excluding hydrogens is 805 g/mol. The average Bonchev–Trinajstić information content (AvgIpc) is 4.07. The molecule has 0 bridgehead atoms. The third-order valence-electron chi connectivity index (χ3n) is 14.2. The predicted octanol–water partition coefficient (Wildman–Crippen LogP) is 9.26. The SMILES string of the molecule is CC1=C(N2CCCC2)CC(C)(C)C/C1=C(/C#N)C(=O)OCC(COC(=O)/C(C#N)=C1\CC(C)(C)CC(N2CCCC2)=C1C)COC(=O)/C(C#N)=C1\CC(C)(C)CC(N2CCCC2)=C1C. The molecule has 3 fully saturated rings. The molecular formula is C52H70N6O6. The molecule has 3 heterocycles. The normalized spacial score (nSPS) is 24.3. The fourth-order valence-electron chi connectivity index (χ4n) is 10.8. The van der Waals surface area contributed by atoms with E-state index in [1.807, 2.05) is 20.8 Å². The average molecular weight is 875 g/mol. The third kappa shape index (κ3) is 11.0. The van der Waals surface area contributed by atoms with E-state index in [4.69, 9.17) is 14.2 Å². The van der Waals surface area contributed by atoms with Crippen LogP contribution < -0.4 is 0 Å². The molecule has 0 saturated carbocycles. The zero-order valence-corrected chi connectivity index (χ0v) is 40.1. The van der Waals surface area contributed by atoms with Crippen molar-refractivity contribution in [3.8, 4) is 18.2 Å². The van der Waals surface area contributed by atoms with Crippen LogP contribution in [0.4, 0.5) is 0 Å². The van der Waals surface area contributed by atoms with Gasteiger partial charge in [0, 0.05) is 56.4 Å². The zero-order valence-electron chi connectivity index (χ0n) is 40.1. The fraction of sp³-hybridized carbons (Fsp3) is 0.654. The molecule has 6 aliphatic rings. The van der Waals surface area contributed by atoms with E-state index in [0.29, 0.717) is 36.0 Å². The summed E-state index contributed by atoms with van der Waals surface area (Å²) in [6.07, 6.45) is 10.7. The molecule has 0 spiro atoms. The number of allylic oxidation sites excluding steroid dienone is 9. The molecule has 344 valence electrons. The Hall–Kier alpha value is -5.28. The Morgan fingerprint density at radius 3 is 0.922 bits per heavy atom. The van der Waals surface area contributed by atoms with Crippen LogP contribution in [0, 0.1) is 56.2 Å². The van der Waals surface area contributed by atoms with Crippen molar-refractivity contribution in [1.82, 2.24) is 14.7 Å². The van der Waals surface area contributed by atoms with Crippen molar-refractivity contribution in [1.29, 1.82) is 15.8 Å². The van der Waals surface area contributed by atoms with Crippen LogP contribution in [0.25, 0.3) is 0 Å². The van der Waals surface area contributed by atoms with Gasteiger partial charge < -0.3 is 28.9 Å². The Morgan fingerprint density at radius 2 is 0.703 bits per heavy atom. The van der Waals surface area contributed by atoms with Gasteiger partial charge in [-0.15, -0.1) is 0 Å². The number of hydrogen-bond acceptors (Lipinski definition) is 12. The molecule has 0 aromatic carbocycles. The second-order valence-electron chi connectivity index (χ2n) is 21.4. The van der Waals surface area contributed by atoms with E-state index in [9.17, 15) is 30.2 Å².